The van der Waals surface area contributed by atoms with Crippen LogP contribution in [0.15, 0.2) is 42.5 Å². The Kier molecular flexibility index (Phi) is 6.80. The van der Waals surface area contributed by atoms with Crippen molar-refractivity contribution in [3.8, 4) is 11.5 Å². The standard InChI is InChI=1S/C24H30N4O4/c1-17(2)26-24(30)25-14-18-3-6-20(7-4-18)23(29)28-11-9-27(10-12-28)15-19-5-8-21-22(13-19)32-16-31-21/h3-8,13,17H,9-12,14-16H2,1-2H3,(H2,25,26,30). The molecule has 2 heterocycles. The van der Waals surface area contributed by atoms with Crippen molar-refractivity contribution in [1.29, 1.82) is 0 Å². The normalized spacial score (nSPS) is 15.7. The highest BCUT2D eigenvalue weighted by atomic mass is 16.7. The van der Waals surface area contributed by atoms with Crippen LogP contribution in [0.2, 0.25) is 0 Å². The van der Waals surface area contributed by atoms with E-state index in [4.69, 9.17) is 9.47 Å². The number of benzene rings is 2. The molecule has 2 aliphatic rings. The van der Waals surface area contributed by atoms with Gasteiger partial charge in [-0.05, 0) is 49.2 Å². The summed E-state index contributed by atoms with van der Waals surface area (Å²) in [6.07, 6.45) is 0. The molecule has 0 unspecified atom stereocenters. The number of piperazine rings is 1. The van der Waals surface area contributed by atoms with Crippen molar-refractivity contribution in [2.75, 3.05) is 33.0 Å². The summed E-state index contributed by atoms with van der Waals surface area (Å²) in [5, 5.41) is 5.60. The van der Waals surface area contributed by atoms with E-state index in [9.17, 15) is 9.59 Å². The summed E-state index contributed by atoms with van der Waals surface area (Å²) >= 11 is 0. The molecule has 2 N–H and O–H groups in total. The van der Waals surface area contributed by atoms with Gasteiger partial charge in [0, 0.05) is 50.9 Å². The number of rotatable bonds is 6. The van der Waals surface area contributed by atoms with Crippen LogP contribution in [0.4, 0.5) is 4.79 Å². The van der Waals surface area contributed by atoms with E-state index in [2.05, 4.69) is 21.6 Å². The quantitative estimate of drug-likeness (QED) is 0.724. The van der Waals surface area contributed by atoms with E-state index in [1.165, 1.54) is 5.56 Å². The van der Waals surface area contributed by atoms with Crippen LogP contribution < -0.4 is 20.1 Å². The van der Waals surface area contributed by atoms with E-state index in [-0.39, 0.29) is 24.8 Å². The molecule has 0 atom stereocenters. The summed E-state index contributed by atoms with van der Waals surface area (Å²) < 4.78 is 10.8. The first kappa shape index (κ1) is 22.0. The zero-order valence-corrected chi connectivity index (χ0v) is 18.6. The van der Waals surface area contributed by atoms with Gasteiger partial charge in [0.05, 0.1) is 0 Å². The predicted molar refractivity (Wildman–Crippen MR) is 121 cm³/mol. The number of hydrogen-bond acceptors (Lipinski definition) is 5. The average molecular weight is 439 g/mol. The van der Waals surface area contributed by atoms with E-state index in [1.807, 2.05) is 55.1 Å². The van der Waals surface area contributed by atoms with Gasteiger partial charge in [0.15, 0.2) is 11.5 Å². The Balaban J connectivity index is 1.24. The Morgan fingerprint density at radius 2 is 1.62 bits per heavy atom. The fourth-order valence-electron chi connectivity index (χ4n) is 3.85. The van der Waals surface area contributed by atoms with Gasteiger partial charge < -0.3 is 25.0 Å². The Hall–Kier alpha value is -3.26. The lowest BCUT2D eigenvalue weighted by atomic mass is 10.1. The molecule has 2 aliphatic heterocycles. The van der Waals surface area contributed by atoms with E-state index in [0.29, 0.717) is 25.2 Å². The number of fused-ring (bicyclic) bond motifs is 1. The highest BCUT2D eigenvalue weighted by Crippen LogP contribution is 2.32. The third-order valence-electron chi connectivity index (χ3n) is 5.58. The molecule has 2 aromatic rings. The Morgan fingerprint density at radius 1 is 0.938 bits per heavy atom. The monoisotopic (exact) mass is 438 g/mol. The van der Waals surface area contributed by atoms with Crippen LogP contribution in [-0.4, -0.2) is 60.8 Å². The van der Waals surface area contributed by atoms with Crippen molar-refractivity contribution in [3.05, 3.63) is 59.2 Å². The predicted octanol–water partition coefficient (Wildman–Crippen LogP) is 2.58. The first-order chi connectivity index (χ1) is 15.5. The molecule has 8 heteroatoms. The van der Waals surface area contributed by atoms with Gasteiger partial charge in [-0.2, -0.15) is 0 Å². The molecule has 0 spiro atoms. The molecular formula is C24H30N4O4. The van der Waals surface area contributed by atoms with Crippen molar-refractivity contribution in [1.82, 2.24) is 20.4 Å². The fourth-order valence-corrected chi connectivity index (χ4v) is 3.85. The van der Waals surface area contributed by atoms with Crippen LogP contribution >= 0.6 is 0 Å². The maximum absolute atomic E-state index is 12.9. The first-order valence-electron chi connectivity index (χ1n) is 11.0. The van der Waals surface area contributed by atoms with E-state index >= 15 is 0 Å². The van der Waals surface area contributed by atoms with Crippen LogP contribution in [0, 0.1) is 0 Å². The number of nitrogens with one attached hydrogen (secondary N) is 2. The van der Waals surface area contributed by atoms with Gasteiger partial charge in [-0.1, -0.05) is 18.2 Å². The summed E-state index contributed by atoms with van der Waals surface area (Å²) in [7, 11) is 0. The van der Waals surface area contributed by atoms with Gasteiger partial charge in [0.25, 0.3) is 5.91 Å². The summed E-state index contributed by atoms with van der Waals surface area (Å²) in [5.41, 5.74) is 2.80. The maximum Gasteiger partial charge on any atom is 0.315 e. The molecule has 0 radical (unpaired) electrons. The molecule has 0 aliphatic carbocycles. The lowest BCUT2D eigenvalue weighted by Gasteiger charge is -2.34. The second-order valence-electron chi connectivity index (χ2n) is 8.43. The molecule has 0 saturated carbocycles. The highest BCUT2D eigenvalue weighted by Gasteiger charge is 2.23. The van der Waals surface area contributed by atoms with Gasteiger partial charge >= 0.3 is 6.03 Å². The first-order valence-corrected chi connectivity index (χ1v) is 11.0. The van der Waals surface area contributed by atoms with Crippen molar-refractivity contribution in [3.63, 3.8) is 0 Å². The number of nitrogens with zero attached hydrogens (tertiary/aromatic N) is 2. The Labute approximate surface area is 188 Å². The summed E-state index contributed by atoms with van der Waals surface area (Å²) in [4.78, 5) is 28.8. The SMILES string of the molecule is CC(C)NC(=O)NCc1ccc(C(=O)N2CCN(Cc3ccc4c(c3)OCO4)CC2)cc1. The minimum absolute atomic E-state index is 0.0461. The number of carbonyl (C=O) groups excluding carboxylic acids is 2. The van der Waals surface area contributed by atoms with Gasteiger partial charge in [0.2, 0.25) is 6.79 Å². The van der Waals surface area contributed by atoms with Gasteiger partial charge in [-0.25, -0.2) is 4.79 Å². The lowest BCUT2D eigenvalue weighted by molar-refractivity contribution is 0.0628. The van der Waals surface area contributed by atoms with Crippen molar-refractivity contribution in [2.24, 2.45) is 0 Å². The number of ether oxygens (including phenoxy) is 2. The maximum atomic E-state index is 12.9. The van der Waals surface area contributed by atoms with Crippen molar-refractivity contribution >= 4 is 11.9 Å². The molecule has 2 aromatic carbocycles. The van der Waals surface area contributed by atoms with Crippen LogP contribution in [0.5, 0.6) is 11.5 Å². The molecule has 1 fully saturated rings. The molecule has 0 aromatic heterocycles. The van der Waals surface area contributed by atoms with Gasteiger partial charge in [-0.15, -0.1) is 0 Å². The average Bonchev–Trinajstić information content (AvgIpc) is 3.26. The van der Waals surface area contributed by atoms with Crippen molar-refractivity contribution in [2.45, 2.75) is 33.0 Å². The Morgan fingerprint density at radius 3 is 2.34 bits per heavy atom. The van der Waals surface area contributed by atoms with Gasteiger partial charge in [0.1, 0.15) is 0 Å². The third kappa shape index (κ3) is 5.50. The molecular weight excluding hydrogens is 408 g/mol. The topological polar surface area (TPSA) is 83.1 Å². The van der Waals surface area contributed by atoms with Crippen LogP contribution in [0.25, 0.3) is 0 Å². The minimum Gasteiger partial charge on any atom is -0.454 e. The van der Waals surface area contributed by atoms with Gasteiger partial charge in [-0.3, -0.25) is 9.69 Å². The van der Waals surface area contributed by atoms with Crippen LogP contribution in [0.3, 0.4) is 0 Å². The van der Waals surface area contributed by atoms with E-state index in [1.54, 1.807) is 0 Å². The zero-order chi connectivity index (χ0) is 22.5. The molecule has 32 heavy (non-hydrogen) atoms. The molecule has 3 amide bonds. The zero-order valence-electron chi connectivity index (χ0n) is 18.6. The molecule has 170 valence electrons. The number of carbonyl (C=O) groups is 2. The largest absolute Gasteiger partial charge is 0.454 e. The molecule has 1 saturated heterocycles. The molecule has 8 nitrogen and oxygen atoms in total. The second kappa shape index (κ2) is 9.91. The summed E-state index contributed by atoms with van der Waals surface area (Å²) in [6.45, 7) is 8.40. The third-order valence-corrected chi connectivity index (χ3v) is 5.58. The Bertz CT molecular complexity index is 953. The number of urea groups is 1. The minimum atomic E-state index is -0.196. The smallest absolute Gasteiger partial charge is 0.315 e. The summed E-state index contributed by atoms with van der Waals surface area (Å²) in [6, 6.07) is 13.4. The van der Waals surface area contributed by atoms with Crippen LogP contribution in [0.1, 0.15) is 35.3 Å². The molecule has 0 bridgehead atoms. The lowest BCUT2D eigenvalue weighted by Crippen LogP contribution is -2.48. The molecule has 4 rings (SSSR count). The van der Waals surface area contributed by atoms with Crippen molar-refractivity contribution < 1.29 is 19.1 Å². The fraction of sp³-hybridized carbons (Fsp3) is 0.417. The number of hydrogen-bond donors (Lipinski definition) is 2. The van der Waals surface area contributed by atoms with Crippen LogP contribution in [-0.2, 0) is 13.1 Å². The van der Waals surface area contributed by atoms with E-state index < -0.39 is 0 Å². The second-order valence-corrected chi connectivity index (χ2v) is 8.43. The summed E-state index contributed by atoms with van der Waals surface area (Å²) in [5.74, 6) is 1.64. The number of amides is 3. The highest BCUT2D eigenvalue weighted by molar-refractivity contribution is 5.94. The van der Waals surface area contributed by atoms with E-state index in [0.717, 1.165) is 36.7 Å².